The summed E-state index contributed by atoms with van der Waals surface area (Å²) in [5, 5.41) is 0.964. The van der Waals surface area contributed by atoms with Crippen LogP contribution in [0.3, 0.4) is 0 Å². The van der Waals surface area contributed by atoms with Crippen molar-refractivity contribution < 1.29 is 4.79 Å². The molecule has 30 heavy (non-hydrogen) atoms. The molecule has 4 rings (SSSR count). The molecule has 1 fully saturated rings. The number of hydrogen-bond donors (Lipinski definition) is 2. The minimum absolute atomic E-state index is 0.0350. The van der Waals surface area contributed by atoms with Crippen LogP contribution in [0.1, 0.15) is 23.8 Å². The molecule has 1 aromatic carbocycles. The highest BCUT2D eigenvalue weighted by Gasteiger charge is 2.29. The zero-order chi connectivity index (χ0) is 21.3. The number of pyridine rings is 1. The summed E-state index contributed by atoms with van der Waals surface area (Å²) in [6, 6.07) is 11.7. The monoisotopic (exact) mass is 407 g/mol. The number of piperazine rings is 1. The molecule has 0 saturated carbocycles. The zero-order valence-corrected chi connectivity index (χ0v) is 18.1. The molecular formula is C23H31N6O+. The third kappa shape index (κ3) is 3.85. The molecule has 3 aromatic rings. The Bertz CT molecular complexity index is 1050. The van der Waals surface area contributed by atoms with Crippen LogP contribution in [0.4, 0.5) is 17.2 Å². The van der Waals surface area contributed by atoms with Crippen LogP contribution < -0.4 is 15.1 Å². The summed E-state index contributed by atoms with van der Waals surface area (Å²) in [6.07, 6.45) is 2.97. The lowest BCUT2D eigenvalue weighted by Gasteiger charge is -2.38. The Morgan fingerprint density at radius 3 is 2.67 bits per heavy atom. The summed E-state index contributed by atoms with van der Waals surface area (Å²) in [5.74, 6) is 1.07. The molecular weight excluding hydrogens is 376 g/mol. The SMILES string of the molecule is CCC[N+](C)(C)c1cccnc1N1CCN(C(=O)c2cc3cc(N)ccc3[nH]2)CC1. The third-order valence-electron chi connectivity index (χ3n) is 5.94. The van der Waals surface area contributed by atoms with E-state index < -0.39 is 0 Å². The molecule has 0 aliphatic carbocycles. The fourth-order valence-electron chi connectivity index (χ4n) is 4.34. The highest BCUT2D eigenvalue weighted by molar-refractivity contribution is 5.98. The van der Waals surface area contributed by atoms with Crippen LogP contribution in [0.25, 0.3) is 10.9 Å². The molecule has 1 amide bonds. The van der Waals surface area contributed by atoms with Gasteiger partial charge in [-0.15, -0.1) is 0 Å². The maximum Gasteiger partial charge on any atom is 0.270 e. The Labute approximate surface area is 177 Å². The van der Waals surface area contributed by atoms with Crippen LogP contribution in [0.5, 0.6) is 0 Å². The average Bonchev–Trinajstić information content (AvgIpc) is 3.16. The van der Waals surface area contributed by atoms with E-state index in [4.69, 9.17) is 10.7 Å². The fraction of sp³-hybridized carbons (Fsp3) is 0.391. The lowest BCUT2D eigenvalue weighted by atomic mass is 10.2. The van der Waals surface area contributed by atoms with Gasteiger partial charge in [-0.2, -0.15) is 0 Å². The largest absolute Gasteiger partial charge is 0.399 e. The number of nitrogen functional groups attached to an aromatic ring is 1. The van der Waals surface area contributed by atoms with Gasteiger partial charge in [-0.05, 0) is 36.8 Å². The Hall–Kier alpha value is -3.06. The van der Waals surface area contributed by atoms with Gasteiger partial charge >= 0.3 is 0 Å². The summed E-state index contributed by atoms with van der Waals surface area (Å²) in [7, 11) is 4.46. The van der Waals surface area contributed by atoms with Crippen LogP contribution in [0.2, 0.25) is 0 Å². The predicted octanol–water partition coefficient (Wildman–Crippen LogP) is 3.08. The van der Waals surface area contributed by atoms with E-state index in [2.05, 4.69) is 37.0 Å². The van der Waals surface area contributed by atoms with E-state index in [1.165, 1.54) is 5.69 Å². The second-order valence-corrected chi connectivity index (χ2v) is 8.56. The number of rotatable bonds is 5. The second-order valence-electron chi connectivity index (χ2n) is 8.56. The van der Waals surface area contributed by atoms with E-state index in [1.807, 2.05) is 41.4 Å². The summed E-state index contributed by atoms with van der Waals surface area (Å²) < 4.78 is 0.803. The smallest absolute Gasteiger partial charge is 0.270 e. The van der Waals surface area contributed by atoms with Gasteiger partial charge in [0.1, 0.15) is 5.69 Å². The summed E-state index contributed by atoms with van der Waals surface area (Å²) in [5.41, 5.74) is 9.33. The normalized spacial score (nSPS) is 15.0. The van der Waals surface area contributed by atoms with Crippen LogP contribution in [-0.4, -0.2) is 67.6 Å². The van der Waals surface area contributed by atoms with E-state index in [0.717, 1.165) is 47.3 Å². The number of quaternary nitrogens is 1. The van der Waals surface area contributed by atoms with Crippen LogP contribution in [-0.2, 0) is 0 Å². The van der Waals surface area contributed by atoms with Gasteiger partial charge in [-0.3, -0.25) is 9.28 Å². The molecule has 1 saturated heterocycles. The number of carbonyl (C=O) groups excluding carboxylic acids is 1. The van der Waals surface area contributed by atoms with Gasteiger partial charge < -0.3 is 20.5 Å². The summed E-state index contributed by atoms with van der Waals surface area (Å²) >= 11 is 0. The van der Waals surface area contributed by atoms with Crippen molar-refractivity contribution in [1.29, 1.82) is 0 Å². The first-order chi connectivity index (χ1) is 14.4. The number of hydrogen-bond acceptors (Lipinski definition) is 4. The molecule has 0 unspecified atom stereocenters. The van der Waals surface area contributed by atoms with Gasteiger partial charge in [-0.25, -0.2) is 4.98 Å². The second kappa shape index (κ2) is 7.99. The number of H-pyrrole nitrogens is 1. The first kappa shape index (κ1) is 20.2. The van der Waals surface area contributed by atoms with Crippen molar-refractivity contribution in [1.82, 2.24) is 19.4 Å². The molecule has 7 nitrogen and oxygen atoms in total. The highest BCUT2D eigenvalue weighted by Crippen LogP contribution is 2.31. The van der Waals surface area contributed by atoms with E-state index >= 15 is 0 Å². The van der Waals surface area contributed by atoms with Crippen molar-refractivity contribution in [3.63, 3.8) is 0 Å². The van der Waals surface area contributed by atoms with Crippen molar-refractivity contribution in [2.45, 2.75) is 13.3 Å². The quantitative estimate of drug-likeness (QED) is 0.503. The number of anilines is 2. The number of aromatic amines is 1. The fourth-order valence-corrected chi connectivity index (χ4v) is 4.34. The van der Waals surface area contributed by atoms with E-state index in [9.17, 15) is 4.79 Å². The Kier molecular flexibility index (Phi) is 5.39. The molecule has 3 heterocycles. The first-order valence-corrected chi connectivity index (χ1v) is 10.6. The van der Waals surface area contributed by atoms with E-state index in [1.54, 1.807) is 0 Å². The van der Waals surface area contributed by atoms with Gasteiger partial charge in [0, 0.05) is 55.0 Å². The molecule has 1 aliphatic heterocycles. The van der Waals surface area contributed by atoms with Gasteiger partial charge in [0.15, 0.2) is 11.5 Å². The Morgan fingerprint density at radius 2 is 1.93 bits per heavy atom. The van der Waals surface area contributed by atoms with Crippen molar-refractivity contribution in [2.75, 3.05) is 57.5 Å². The number of nitrogens with one attached hydrogen (secondary N) is 1. The molecule has 3 N–H and O–H groups in total. The van der Waals surface area contributed by atoms with E-state index in [-0.39, 0.29) is 5.91 Å². The number of nitrogens with two attached hydrogens (primary N) is 1. The van der Waals surface area contributed by atoms with Crippen molar-refractivity contribution >= 4 is 34.0 Å². The molecule has 0 radical (unpaired) electrons. The molecule has 2 aromatic heterocycles. The van der Waals surface area contributed by atoms with Gasteiger partial charge in [-0.1, -0.05) is 6.92 Å². The van der Waals surface area contributed by atoms with Crippen molar-refractivity contribution in [3.05, 3.63) is 48.3 Å². The number of amides is 1. The molecule has 158 valence electrons. The minimum Gasteiger partial charge on any atom is -0.399 e. The molecule has 7 heteroatoms. The number of benzene rings is 1. The van der Waals surface area contributed by atoms with Gasteiger partial charge in [0.2, 0.25) is 0 Å². The maximum atomic E-state index is 13.0. The molecule has 0 bridgehead atoms. The maximum absolute atomic E-state index is 13.0. The molecule has 0 atom stereocenters. The first-order valence-electron chi connectivity index (χ1n) is 10.6. The third-order valence-corrected chi connectivity index (χ3v) is 5.94. The standard InChI is InChI=1S/C23H30N6O/c1-4-14-29(2,3)21-6-5-9-25-22(21)27-10-12-28(13-11-27)23(30)20-16-17-15-18(24)7-8-19(17)26-20/h5-9,15-16H,4,10-14,24H2,1-3H3/p+1. The number of fused-ring (bicyclic) bond motifs is 1. The zero-order valence-electron chi connectivity index (χ0n) is 18.1. The lowest BCUT2D eigenvalue weighted by molar-refractivity contribution is 0.0741. The summed E-state index contributed by atoms with van der Waals surface area (Å²) in [4.78, 5) is 25.2. The number of aromatic nitrogens is 2. The van der Waals surface area contributed by atoms with Crippen molar-refractivity contribution in [3.8, 4) is 0 Å². The molecule has 0 spiro atoms. The van der Waals surface area contributed by atoms with Crippen LogP contribution >= 0.6 is 0 Å². The average molecular weight is 408 g/mol. The number of nitrogens with zero attached hydrogens (tertiary/aromatic N) is 4. The van der Waals surface area contributed by atoms with E-state index in [0.29, 0.717) is 24.5 Å². The topological polar surface area (TPSA) is 78.2 Å². The Morgan fingerprint density at radius 1 is 1.17 bits per heavy atom. The van der Waals surface area contributed by atoms with Gasteiger partial charge in [0.05, 0.1) is 20.6 Å². The lowest BCUT2D eigenvalue weighted by Crippen LogP contribution is -2.50. The summed E-state index contributed by atoms with van der Waals surface area (Å²) in [6.45, 7) is 6.16. The Balaban J connectivity index is 1.48. The minimum atomic E-state index is 0.0350. The van der Waals surface area contributed by atoms with Crippen LogP contribution in [0.15, 0.2) is 42.6 Å². The highest BCUT2D eigenvalue weighted by atomic mass is 16.2. The predicted molar refractivity (Wildman–Crippen MR) is 124 cm³/mol. The van der Waals surface area contributed by atoms with Crippen molar-refractivity contribution in [2.24, 2.45) is 0 Å². The van der Waals surface area contributed by atoms with Gasteiger partial charge in [0.25, 0.3) is 5.91 Å². The number of carbonyl (C=O) groups is 1. The molecule has 1 aliphatic rings. The van der Waals surface area contributed by atoms with Crippen LogP contribution in [0, 0.1) is 0 Å².